The predicted molar refractivity (Wildman–Crippen MR) is 82.4 cm³/mol. The minimum Gasteiger partial charge on any atom is -0.469 e. The van der Waals surface area contributed by atoms with Crippen LogP contribution in [0.3, 0.4) is 0 Å². The van der Waals surface area contributed by atoms with Crippen LogP contribution in [0.2, 0.25) is 5.15 Å². The summed E-state index contributed by atoms with van der Waals surface area (Å²) in [5, 5.41) is 3.40. The molecule has 0 spiro atoms. The lowest BCUT2D eigenvalue weighted by Gasteiger charge is -2.29. The van der Waals surface area contributed by atoms with Crippen LogP contribution in [-0.2, 0) is 16.1 Å². The first-order valence-corrected chi connectivity index (χ1v) is 8.13. The Balaban J connectivity index is 1.65. The Labute approximate surface area is 131 Å². The third-order valence-electron chi connectivity index (χ3n) is 3.81. The Hall–Kier alpha value is -1.24. The van der Waals surface area contributed by atoms with E-state index in [1.54, 1.807) is 11.3 Å². The highest BCUT2D eigenvalue weighted by molar-refractivity contribution is 7.16. The van der Waals surface area contributed by atoms with Crippen LogP contribution in [0.25, 0.3) is 10.2 Å². The van der Waals surface area contributed by atoms with Gasteiger partial charge >= 0.3 is 5.97 Å². The van der Waals surface area contributed by atoms with Gasteiger partial charge in [-0.3, -0.25) is 9.69 Å². The zero-order valence-electron chi connectivity index (χ0n) is 11.7. The van der Waals surface area contributed by atoms with Crippen molar-refractivity contribution < 1.29 is 9.53 Å². The molecule has 0 atom stereocenters. The van der Waals surface area contributed by atoms with Gasteiger partial charge in [0.1, 0.15) is 15.8 Å². The number of methoxy groups -OCH3 is 1. The summed E-state index contributed by atoms with van der Waals surface area (Å²) in [6.45, 7) is 2.37. The largest absolute Gasteiger partial charge is 0.469 e. The van der Waals surface area contributed by atoms with Crippen LogP contribution in [0, 0.1) is 5.92 Å². The van der Waals surface area contributed by atoms with E-state index in [2.05, 4.69) is 14.9 Å². The lowest BCUT2D eigenvalue weighted by Crippen LogP contribution is -2.36. The van der Waals surface area contributed by atoms with Gasteiger partial charge in [-0.2, -0.15) is 0 Å². The number of nitrogens with zero attached hydrogens (tertiary/aromatic N) is 3. The Bertz CT molecular complexity index is 653. The number of halogens is 1. The third-order valence-corrected chi connectivity index (χ3v) is 4.91. The fourth-order valence-corrected chi connectivity index (χ4v) is 3.71. The Morgan fingerprint density at radius 1 is 1.48 bits per heavy atom. The molecule has 1 aliphatic rings. The number of carbonyl (C=O) groups excluding carboxylic acids is 1. The van der Waals surface area contributed by atoms with Gasteiger partial charge in [-0.25, -0.2) is 9.97 Å². The standard InChI is InChI=1S/C14H16ClN3O2S/c1-20-14(19)9-2-5-18(6-3-9)8-11-16-12(15)10-4-7-21-13(10)17-11/h4,7,9H,2-3,5-6,8H2,1H3. The number of fused-ring (bicyclic) bond motifs is 1. The van der Waals surface area contributed by atoms with E-state index in [1.807, 2.05) is 11.4 Å². The van der Waals surface area contributed by atoms with Crippen molar-refractivity contribution in [2.75, 3.05) is 20.2 Å². The van der Waals surface area contributed by atoms with Crippen molar-refractivity contribution in [1.82, 2.24) is 14.9 Å². The van der Waals surface area contributed by atoms with Gasteiger partial charge in [0, 0.05) is 5.39 Å². The van der Waals surface area contributed by atoms with Gasteiger partial charge in [0.15, 0.2) is 0 Å². The second kappa shape index (κ2) is 6.25. The summed E-state index contributed by atoms with van der Waals surface area (Å²) in [7, 11) is 1.45. The Kier molecular flexibility index (Phi) is 4.37. The van der Waals surface area contributed by atoms with Crippen molar-refractivity contribution in [3.05, 3.63) is 22.4 Å². The number of hydrogen-bond donors (Lipinski definition) is 0. The van der Waals surface area contributed by atoms with Crippen molar-refractivity contribution in [3.8, 4) is 0 Å². The summed E-state index contributed by atoms with van der Waals surface area (Å²) in [6, 6.07) is 1.94. The van der Waals surface area contributed by atoms with Crippen molar-refractivity contribution in [3.63, 3.8) is 0 Å². The van der Waals surface area contributed by atoms with Crippen molar-refractivity contribution in [1.29, 1.82) is 0 Å². The molecular weight excluding hydrogens is 310 g/mol. The van der Waals surface area contributed by atoms with Gasteiger partial charge in [0.25, 0.3) is 0 Å². The third kappa shape index (κ3) is 3.17. The summed E-state index contributed by atoms with van der Waals surface area (Å²) in [5.41, 5.74) is 0. The number of rotatable bonds is 3. The maximum absolute atomic E-state index is 11.5. The summed E-state index contributed by atoms with van der Waals surface area (Å²) < 4.78 is 4.80. The molecule has 1 fully saturated rings. The molecule has 0 unspecified atom stereocenters. The normalized spacial score (nSPS) is 17.2. The maximum atomic E-state index is 11.5. The van der Waals surface area contributed by atoms with Crippen LogP contribution in [0.15, 0.2) is 11.4 Å². The molecular formula is C14H16ClN3O2S. The van der Waals surface area contributed by atoms with Gasteiger partial charge in [0.05, 0.1) is 19.6 Å². The molecule has 0 aliphatic carbocycles. The summed E-state index contributed by atoms with van der Waals surface area (Å²) in [5.74, 6) is 0.663. The van der Waals surface area contributed by atoms with E-state index in [4.69, 9.17) is 16.3 Å². The molecule has 5 nitrogen and oxygen atoms in total. The van der Waals surface area contributed by atoms with E-state index in [-0.39, 0.29) is 11.9 Å². The number of carbonyl (C=O) groups is 1. The van der Waals surface area contributed by atoms with Crippen molar-refractivity contribution in [2.24, 2.45) is 5.92 Å². The average Bonchev–Trinajstić information content (AvgIpc) is 2.96. The number of hydrogen-bond acceptors (Lipinski definition) is 6. The van der Waals surface area contributed by atoms with Crippen LogP contribution >= 0.6 is 22.9 Å². The molecule has 2 aromatic rings. The van der Waals surface area contributed by atoms with Crippen molar-refractivity contribution in [2.45, 2.75) is 19.4 Å². The maximum Gasteiger partial charge on any atom is 0.308 e. The van der Waals surface area contributed by atoms with E-state index in [0.29, 0.717) is 11.7 Å². The summed E-state index contributed by atoms with van der Waals surface area (Å²) >= 11 is 7.75. The molecule has 1 saturated heterocycles. The Morgan fingerprint density at radius 3 is 2.95 bits per heavy atom. The van der Waals surface area contributed by atoms with Crippen molar-refractivity contribution >= 4 is 39.1 Å². The van der Waals surface area contributed by atoms with Crippen LogP contribution in [0.1, 0.15) is 18.7 Å². The second-order valence-electron chi connectivity index (χ2n) is 5.14. The highest BCUT2D eigenvalue weighted by Crippen LogP contribution is 2.26. The molecule has 3 heterocycles. The van der Waals surface area contributed by atoms with Gasteiger partial charge < -0.3 is 4.74 Å². The van der Waals surface area contributed by atoms with E-state index in [0.717, 1.165) is 42.0 Å². The molecule has 0 bridgehead atoms. The minimum absolute atomic E-state index is 0.0236. The first kappa shape index (κ1) is 14.7. The number of piperidine rings is 1. The van der Waals surface area contributed by atoms with Gasteiger partial charge in [0.2, 0.25) is 0 Å². The van der Waals surface area contributed by atoms with E-state index in [1.165, 1.54) is 7.11 Å². The minimum atomic E-state index is -0.103. The molecule has 3 rings (SSSR count). The molecule has 7 heteroatoms. The molecule has 112 valence electrons. The molecule has 0 saturated carbocycles. The number of likely N-dealkylation sites (tertiary alicyclic amines) is 1. The lowest BCUT2D eigenvalue weighted by atomic mass is 9.97. The highest BCUT2D eigenvalue weighted by atomic mass is 35.5. The fourth-order valence-electron chi connectivity index (χ4n) is 2.62. The monoisotopic (exact) mass is 325 g/mol. The van der Waals surface area contributed by atoms with Gasteiger partial charge in [-0.1, -0.05) is 11.6 Å². The fraction of sp³-hybridized carbons (Fsp3) is 0.500. The summed E-state index contributed by atoms with van der Waals surface area (Å²) in [6.07, 6.45) is 1.64. The summed E-state index contributed by atoms with van der Waals surface area (Å²) in [4.78, 5) is 23.6. The molecule has 0 N–H and O–H groups in total. The molecule has 2 aromatic heterocycles. The number of aromatic nitrogens is 2. The van der Waals surface area contributed by atoms with Crippen LogP contribution in [0.4, 0.5) is 0 Å². The number of esters is 1. The van der Waals surface area contributed by atoms with Gasteiger partial charge in [-0.15, -0.1) is 11.3 Å². The zero-order valence-corrected chi connectivity index (χ0v) is 13.3. The molecule has 0 radical (unpaired) electrons. The predicted octanol–water partition coefficient (Wildman–Crippen LogP) is 2.73. The Morgan fingerprint density at radius 2 is 2.24 bits per heavy atom. The molecule has 0 aromatic carbocycles. The molecule has 21 heavy (non-hydrogen) atoms. The number of ether oxygens (including phenoxy) is 1. The number of thiophene rings is 1. The van der Waals surface area contributed by atoms with Crippen LogP contribution in [0.5, 0.6) is 0 Å². The average molecular weight is 326 g/mol. The van der Waals surface area contributed by atoms with Gasteiger partial charge in [-0.05, 0) is 37.4 Å². The first-order valence-electron chi connectivity index (χ1n) is 6.87. The molecule has 1 aliphatic heterocycles. The first-order chi connectivity index (χ1) is 10.2. The van der Waals surface area contributed by atoms with E-state index < -0.39 is 0 Å². The van der Waals surface area contributed by atoms with E-state index in [9.17, 15) is 4.79 Å². The topological polar surface area (TPSA) is 55.3 Å². The van der Waals surface area contributed by atoms with Crippen LogP contribution in [-0.4, -0.2) is 41.0 Å². The smallest absolute Gasteiger partial charge is 0.308 e. The lowest BCUT2D eigenvalue weighted by molar-refractivity contribution is -0.147. The second-order valence-corrected chi connectivity index (χ2v) is 6.40. The zero-order chi connectivity index (χ0) is 14.8. The quantitative estimate of drug-likeness (QED) is 0.641. The van der Waals surface area contributed by atoms with E-state index >= 15 is 0 Å². The highest BCUT2D eigenvalue weighted by Gasteiger charge is 2.26. The molecule has 0 amide bonds. The van der Waals surface area contributed by atoms with Crippen LogP contribution < -0.4 is 0 Å². The SMILES string of the molecule is COC(=O)C1CCN(Cc2nc(Cl)c3ccsc3n2)CC1.